The number of aromatic nitrogens is 1. The topological polar surface area (TPSA) is 95.0 Å². The number of nitrogens with two attached hydrogens (primary N) is 1. The minimum absolute atomic E-state index is 0.0281. The molecule has 1 amide bonds. The molecule has 0 radical (unpaired) electrons. The monoisotopic (exact) mass is 269 g/mol. The van der Waals surface area contributed by atoms with Gasteiger partial charge in [-0.15, -0.1) is 11.3 Å². The van der Waals surface area contributed by atoms with E-state index < -0.39 is 0 Å². The first kappa shape index (κ1) is 12.8. The summed E-state index contributed by atoms with van der Waals surface area (Å²) in [5, 5.41) is 13.2. The van der Waals surface area contributed by atoms with Crippen LogP contribution in [-0.4, -0.2) is 64.5 Å². The number of piperazine rings is 1. The molecule has 1 fully saturated rings. The molecule has 1 aliphatic rings. The van der Waals surface area contributed by atoms with Crippen molar-refractivity contribution in [2.24, 2.45) is 10.9 Å². The molecule has 2 rings (SSSR count). The van der Waals surface area contributed by atoms with Gasteiger partial charge in [-0.05, 0) is 0 Å². The predicted molar refractivity (Wildman–Crippen MR) is 67.9 cm³/mol. The molecule has 98 valence electrons. The van der Waals surface area contributed by atoms with Crippen molar-refractivity contribution in [3.63, 3.8) is 0 Å². The number of hydrogen-bond acceptors (Lipinski definition) is 6. The Hall–Kier alpha value is -1.67. The number of rotatable bonds is 3. The second-order valence-corrected chi connectivity index (χ2v) is 4.75. The highest BCUT2D eigenvalue weighted by molar-refractivity contribution is 7.07. The first-order chi connectivity index (χ1) is 8.70. The number of oxime groups is 1. The maximum Gasteiger partial charge on any atom is 0.273 e. The van der Waals surface area contributed by atoms with E-state index in [9.17, 15) is 4.79 Å². The van der Waals surface area contributed by atoms with Gasteiger partial charge in [0.2, 0.25) is 0 Å². The van der Waals surface area contributed by atoms with Gasteiger partial charge in [0.1, 0.15) is 5.69 Å². The summed E-state index contributed by atoms with van der Waals surface area (Å²) in [5.74, 6) is 0.161. The van der Waals surface area contributed by atoms with Gasteiger partial charge in [-0.3, -0.25) is 9.69 Å². The molecule has 7 nitrogen and oxygen atoms in total. The Morgan fingerprint density at radius 1 is 1.50 bits per heavy atom. The van der Waals surface area contributed by atoms with Crippen molar-refractivity contribution in [1.29, 1.82) is 0 Å². The van der Waals surface area contributed by atoms with Crippen LogP contribution >= 0.6 is 11.3 Å². The highest BCUT2D eigenvalue weighted by atomic mass is 32.1. The van der Waals surface area contributed by atoms with Gasteiger partial charge in [0.25, 0.3) is 5.91 Å². The third-order valence-electron chi connectivity index (χ3n) is 2.82. The Morgan fingerprint density at radius 3 is 2.78 bits per heavy atom. The van der Waals surface area contributed by atoms with E-state index in [4.69, 9.17) is 10.9 Å². The first-order valence-electron chi connectivity index (χ1n) is 5.57. The maximum absolute atomic E-state index is 12.0. The molecule has 1 aromatic rings. The molecule has 0 unspecified atom stereocenters. The number of amides is 1. The average Bonchev–Trinajstić information content (AvgIpc) is 2.92. The van der Waals surface area contributed by atoms with E-state index in [1.807, 2.05) is 4.90 Å². The van der Waals surface area contributed by atoms with E-state index in [1.165, 1.54) is 11.3 Å². The van der Waals surface area contributed by atoms with Gasteiger partial charge < -0.3 is 15.8 Å². The van der Waals surface area contributed by atoms with Crippen molar-refractivity contribution in [2.75, 3.05) is 32.7 Å². The van der Waals surface area contributed by atoms with Crippen LogP contribution in [0.4, 0.5) is 0 Å². The second-order valence-electron chi connectivity index (χ2n) is 4.03. The van der Waals surface area contributed by atoms with Crippen LogP contribution in [0.2, 0.25) is 0 Å². The zero-order chi connectivity index (χ0) is 13.0. The minimum Gasteiger partial charge on any atom is -0.409 e. The normalized spacial score (nSPS) is 18.0. The smallest absolute Gasteiger partial charge is 0.273 e. The van der Waals surface area contributed by atoms with Crippen LogP contribution in [0.15, 0.2) is 16.0 Å². The van der Waals surface area contributed by atoms with Crippen molar-refractivity contribution in [3.05, 3.63) is 16.6 Å². The lowest BCUT2D eigenvalue weighted by molar-refractivity contribution is 0.0648. The zero-order valence-electron chi connectivity index (χ0n) is 9.82. The van der Waals surface area contributed by atoms with Gasteiger partial charge in [0, 0.05) is 31.6 Å². The summed E-state index contributed by atoms with van der Waals surface area (Å²) in [6.07, 6.45) is 0. The van der Waals surface area contributed by atoms with Crippen LogP contribution in [0.3, 0.4) is 0 Å². The summed E-state index contributed by atoms with van der Waals surface area (Å²) < 4.78 is 0. The lowest BCUT2D eigenvalue weighted by atomic mass is 10.3. The Bertz CT molecular complexity index is 425. The quantitative estimate of drug-likeness (QED) is 0.338. The van der Waals surface area contributed by atoms with Crippen LogP contribution in [0.1, 0.15) is 10.5 Å². The van der Waals surface area contributed by atoms with Crippen molar-refractivity contribution in [1.82, 2.24) is 14.8 Å². The van der Waals surface area contributed by atoms with Crippen molar-refractivity contribution in [2.45, 2.75) is 0 Å². The van der Waals surface area contributed by atoms with Crippen molar-refractivity contribution < 1.29 is 10.0 Å². The highest BCUT2D eigenvalue weighted by Gasteiger charge is 2.23. The van der Waals surface area contributed by atoms with Gasteiger partial charge in [-0.1, -0.05) is 5.16 Å². The Labute approximate surface area is 109 Å². The molecule has 0 aromatic carbocycles. The molecule has 0 aliphatic carbocycles. The van der Waals surface area contributed by atoms with Gasteiger partial charge in [-0.2, -0.15) is 0 Å². The summed E-state index contributed by atoms with van der Waals surface area (Å²) in [5.41, 5.74) is 7.60. The van der Waals surface area contributed by atoms with Crippen LogP contribution in [0, 0.1) is 0 Å². The summed E-state index contributed by atoms with van der Waals surface area (Å²) in [7, 11) is 0. The molecule has 8 heteroatoms. The zero-order valence-corrected chi connectivity index (χ0v) is 10.6. The van der Waals surface area contributed by atoms with Crippen LogP contribution in [0.25, 0.3) is 0 Å². The average molecular weight is 269 g/mol. The largest absolute Gasteiger partial charge is 0.409 e. The standard InChI is InChI=1S/C10H15N5O2S/c11-9(13-17)5-14-1-3-15(4-2-14)10(16)8-6-18-7-12-8/h6-7,17H,1-5H2,(H2,11,13). The van der Waals surface area contributed by atoms with Crippen LogP contribution in [0.5, 0.6) is 0 Å². The summed E-state index contributed by atoms with van der Waals surface area (Å²) in [4.78, 5) is 19.8. The molecule has 0 saturated carbocycles. The summed E-state index contributed by atoms with van der Waals surface area (Å²) >= 11 is 1.41. The van der Waals surface area contributed by atoms with Gasteiger partial charge in [-0.25, -0.2) is 4.98 Å². The summed E-state index contributed by atoms with van der Waals surface area (Å²) in [6, 6.07) is 0. The fraction of sp³-hybridized carbons (Fsp3) is 0.500. The van der Waals surface area contributed by atoms with Crippen LogP contribution < -0.4 is 5.73 Å². The number of thiazole rings is 1. The number of carbonyl (C=O) groups excluding carboxylic acids is 1. The Morgan fingerprint density at radius 2 is 2.22 bits per heavy atom. The fourth-order valence-electron chi connectivity index (χ4n) is 1.85. The molecule has 0 bridgehead atoms. The SMILES string of the molecule is N/C(CN1CCN(C(=O)c2cscn2)CC1)=N\O. The molecule has 1 saturated heterocycles. The van der Waals surface area contributed by atoms with E-state index in [0.29, 0.717) is 38.4 Å². The molecule has 18 heavy (non-hydrogen) atoms. The number of hydrogen-bond donors (Lipinski definition) is 2. The third kappa shape index (κ3) is 2.96. The molecule has 2 heterocycles. The highest BCUT2D eigenvalue weighted by Crippen LogP contribution is 2.08. The second kappa shape index (κ2) is 5.78. The van der Waals surface area contributed by atoms with Crippen molar-refractivity contribution >= 4 is 23.1 Å². The maximum atomic E-state index is 12.0. The molecular weight excluding hydrogens is 254 g/mol. The molecule has 1 aliphatic heterocycles. The summed E-state index contributed by atoms with van der Waals surface area (Å²) in [6.45, 7) is 3.12. The van der Waals surface area contributed by atoms with E-state index in [1.54, 1.807) is 15.8 Å². The van der Waals surface area contributed by atoms with E-state index in [2.05, 4.69) is 10.1 Å². The number of amidine groups is 1. The predicted octanol–water partition coefficient (Wildman–Crippen LogP) is -0.353. The van der Waals surface area contributed by atoms with Crippen LogP contribution in [-0.2, 0) is 0 Å². The lowest BCUT2D eigenvalue weighted by Crippen LogP contribution is -2.50. The third-order valence-corrected chi connectivity index (χ3v) is 3.41. The Kier molecular flexibility index (Phi) is 4.11. The van der Waals surface area contributed by atoms with Gasteiger partial charge >= 0.3 is 0 Å². The van der Waals surface area contributed by atoms with E-state index in [0.717, 1.165) is 0 Å². The fourth-order valence-corrected chi connectivity index (χ4v) is 2.38. The van der Waals surface area contributed by atoms with E-state index >= 15 is 0 Å². The van der Waals surface area contributed by atoms with E-state index in [-0.39, 0.29) is 11.7 Å². The molecule has 3 N–H and O–H groups in total. The number of carbonyl (C=O) groups is 1. The Balaban J connectivity index is 1.85. The minimum atomic E-state index is -0.0281. The first-order valence-corrected chi connectivity index (χ1v) is 6.51. The van der Waals surface area contributed by atoms with Crippen molar-refractivity contribution in [3.8, 4) is 0 Å². The van der Waals surface area contributed by atoms with Gasteiger partial charge in [0.15, 0.2) is 5.84 Å². The molecule has 1 aromatic heterocycles. The molecular formula is C10H15N5O2S. The lowest BCUT2D eigenvalue weighted by Gasteiger charge is -2.33. The molecule has 0 spiro atoms. The van der Waals surface area contributed by atoms with Gasteiger partial charge in [0.05, 0.1) is 12.1 Å². The number of nitrogens with zero attached hydrogens (tertiary/aromatic N) is 4. The molecule has 0 atom stereocenters.